The Morgan fingerprint density at radius 2 is 1.72 bits per heavy atom. The zero-order valence-electron chi connectivity index (χ0n) is 14.0. The summed E-state index contributed by atoms with van der Waals surface area (Å²) in [7, 11) is 0. The van der Waals surface area contributed by atoms with Gasteiger partial charge in [-0.2, -0.15) is 0 Å². The van der Waals surface area contributed by atoms with Crippen LogP contribution in [0.4, 0.5) is 4.39 Å². The molecule has 0 aliphatic carbocycles. The minimum Gasteiger partial charge on any atom is -0.341 e. The van der Waals surface area contributed by atoms with Crippen molar-refractivity contribution in [2.75, 3.05) is 26.2 Å². The Bertz CT molecular complexity index is 716. The van der Waals surface area contributed by atoms with Crippen molar-refractivity contribution in [2.24, 2.45) is 0 Å². The highest BCUT2D eigenvalue weighted by Gasteiger charge is 2.23. The van der Waals surface area contributed by atoms with Crippen molar-refractivity contribution in [1.82, 2.24) is 9.80 Å². The van der Waals surface area contributed by atoms with Crippen LogP contribution in [0.2, 0.25) is 0 Å². The van der Waals surface area contributed by atoms with E-state index in [1.807, 2.05) is 27.3 Å². The average Bonchev–Trinajstić information content (AvgIpc) is 3.05. The molecule has 1 aliphatic rings. The van der Waals surface area contributed by atoms with Crippen molar-refractivity contribution in [3.63, 3.8) is 0 Å². The number of aryl methyl sites for hydroxylation is 1. The minimum atomic E-state index is -0.266. The number of carbonyl (C=O) groups is 2. The minimum absolute atomic E-state index is 0.0515. The molecule has 0 spiro atoms. The van der Waals surface area contributed by atoms with Crippen LogP contribution in [0.5, 0.6) is 0 Å². The molecule has 0 N–H and O–H groups in total. The van der Waals surface area contributed by atoms with Crippen molar-refractivity contribution in [1.29, 1.82) is 0 Å². The summed E-state index contributed by atoms with van der Waals surface area (Å²) in [6.45, 7) is 2.49. The third kappa shape index (κ3) is 4.66. The first-order valence-corrected chi connectivity index (χ1v) is 9.36. The summed E-state index contributed by atoms with van der Waals surface area (Å²) in [4.78, 5) is 29.3. The van der Waals surface area contributed by atoms with Crippen LogP contribution in [0.1, 0.15) is 28.1 Å². The van der Waals surface area contributed by atoms with Gasteiger partial charge in [-0.05, 0) is 42.0 Å². The van der Waals surface area contributed by atoms with Gasteiger partial charge in [0.25, 0.3) is 5.91 Å². The molecule has 0 atom stereocenters. The lowest BCUT2D eigenvalue weighted by molar-refractivity contribution is -0.131. The lowest BCUT2D eigenvalue weighted by atomic mass is 10.1. The van der Waals surface area contributed by atoms with Gasteiger partial charge in [-0.1, -0.05) is 18.2 Å². The fourth-order valence-corrected chi connectivity index (χ4v) is 3.68. The summed E-state index contributed by atoms with van der Waals surface area (Å²) in [6.07, 6.45) is 1.80. The maximum Gasteiger partial charge on any atom is 0.263 e. The molecule has 132 valence electrons. The molecule has 2 heterocycles. The van der Waals surface area contributed by atoms with Gasteiger partial charge in [-0.25, -0.2) is 4.39 Å². The van der Waals surface area contributed by atoms with Crippen molar-refractivity contribution in [3.05, 3.63) is 58.0 Å². The van der Waals surface area contributed by atoms with Gasteiger partial charge in [0.15, 0.2) is 0 Å². The Labute approximate surface area is 150 Å². The molecule has 1 aliphatic heterocycles. The van der Waals surface area contributed by atoms with E-state index in [2.05, 4.69) is 0 Å². The van der Waals surface area contributed by atoms with E-state index < -0.39 is 0 Å². The summed E-state index contributed by atoms with van der Waals surface area (Å²) in [5, 5.41) is 1.90. The van der Waals surface area contributed by atoms with Crippen LogP contribution in [0.15, 0.2) is 41.8 Å². The molecule has 4 nitrogen and oxygen atoms in total. The molecule has 6 heteroatoms. The van der Waals surface area contributed by atoms with Gasteiger partial charge in [0.2, 0.25) is 5.91 Å². The second-order valence-corrected chi connectivity index (χ2v) is 7.08. The molecule has 0 unspecified atom stereocenters. The molecule has 0 radical (unpaired) electrons. The fourth-order valence-electron chi connectivity index (χ4n) is 2.99. The molecule has 1 saturated heterocycles. The number of halogens is 1. The molecule has 3 rings (SSSR count). The Hall–Kier alpha value is -2.21. The molecule has 25 heavy (non-hydrogen) atoms. The molecular formula is C19H21FN2O2S. The zero-order chi connectivity index (χ0) is 17.6. The largest absolute Gasteiger partial charge is 0.341 e. The number of hydrogen-bond donors (Lipinski definition) is 0. The van der Waals surface area contributed by atoms with Crippen molar-refractivity contribution < 1.29 is 14.0 Å². The van der Waals surface area contributed by atoms with Gasteiger partial charge < -0.3 is 9.80 Å². The van der Waals surface area contributed by atoms with Crippen molar-refractivity contribution >= 4 is 23.2 Å². The number of nitrogens with zero attached hydrogens (tertiary/aromatic N) is 2. The Balaban J connectivity index is 1.51. The van der Waals surface area contributed by atoms with E-state index in [1.165, 1.54) is 23.5 Å². The first-order chi connectivity index (χ1) is 12.1. The highest BCUT2D eigenvalue weighted by molar-refractivity contribution is 7.12. The van der Waals surface area contributed by atoms with Crippen LogP contribution in [0.3, 0.4) is 0 Å². The van der Waals surface area contributed by atoms with Gasteiger partial charge in [-0.3, -0.25) is 9.59 Å². The highest BCUT2D eigenvalue weighted by Crippen LogP contribution is 2.15. The summed E-state index contributed by atoms with van der Waals surface area (Å²) >= 11 is 1.45. The van der Waals surface area contributed by atoms with E-state index in [-0.39, 0.29) is 17.6 Å². The SMILES string of the molecule is O=C(CCc1ccc(F)cc1)N1CCCN(C(=O)c2cccs2)CC1. The maximum absolute atomic E-state index is 12.9. The smallest absolute Gasteiger partial charge is 0.263 e. The second-order valence-electron chi connectivity index (χ2n) is 6.13. The van der Waals surface area contributed by atoms with Crippen LogP contribution < -0.4 is 0 Å². The fraction of sp³-hybridized carbons (Fsp3) is 0.368. The predicted octanol–water partition coefficient (Wildman–Crippen LogP) is 3.19. The number of carbonyl (C=O) groups excluding carboxylic acids is 2. The number of benzene rings is 1. The topological polar surface area (TPSA) is 40.6 Å². The van der Waals surface area contributed by atoms with E-state index in [4.69, 9.17) is 0 Å². The van der Waals surface area contributed by atoms with E-state index in [9.17, 15) is 14.0 Å². The number of hydrogen-bond acceptors (Lipinski definition) is 3. The van der Waals surface area contributed by atoms with Crippen molar-refractivity contribution in [2.45, 2.75) is 19.3 Å². The molecule has 1 aromatic carbocycles. The Morgan fingerprint density at radius 3 is 2.44 bits per heavy atom. The second kappa shape index (κ2) is 8.25. The Kier molecular flexibility index (Phi) is 5.81. The Morgan fingerprint density at radius 1 is 1.00 bits per heavy atom. The molecule has 1 fully saturated rings. The molecule has 1 aromatic heterocycles. The van der Waals surface area contributed by atoms with Crippen LogP contribution in [0, 0.1) is 5.82 Å². The van der Waals surface area contributed by atoms with Crippen molar-refractivity contribution in [3.8, 4) is 0 Å². The average molecular weight is 360 g/mol. The van der Waals surface area contributed by atoms with Crippen LogP contribution in [0.25, 0.3) is 0 Å². The van der Waals surface area contributed by atoms with E-state index in [1.54, 1.807) is 12.1 Å². The standard InChI is InChI=1S/C19H21FN2O2S/c20-16-7-4-15(5-8-16)6-9-18(23)21-10-2-11-22(13-12-21)19(24)17-3-1-14-25-17/h1,3-5,7-8,14H,2,6,9-13H2. The maximum atomic E-state index is 12.9. The van der Waals surface area contributed by atoms with Gasteiger partial charge in [0.1, 0.15) is 5.82 Å². The molecule has 0 bridgehead atoms. The van der Waals surface area contributed by atoms with Crippen LogP contribution >= 0.6 is 11.3 Å². The molecular weight excluding hydrogens is 339 g/mol. The lowest BCUT2D eigenvalue weighted by Crippen LogP contribution is -2.37. The third-order valence-corrected chi connectivity index (χ3v) is 5.27. The van der Waals surface area contributed by atoms with Gasteiger partial charge in [0, 0.05) is 32.6 Å². The zero-order valence-corrected chi connectivity index (χ0v) is 14.8. The van der Waals surface area contributed by atoms with E-state index in [0.717, 1.165) is 16.9 Å². The number of rotatable bonds is 4. The highest BCUT2D eigenvalue weighted by atomic mass is 32.1. The summed E-state index contributed by atoms with van der Waals surface area (Å²) < 4.78 is 12.9. The van der Waals surface area contributed by atoms with Gasteiger partial charge >= 0.3 is 0 Å². The number of amides is 2. The van der Waals surface area contributed by atoms with Gasteiger partial charge in [0.05, 0.1) is 4.88 Å². The predicted molar refractivity (Wildman–Crippen MR) is 96.1 cm³/mol. The first kappa shape index (κ1) is 17.6. The van der Waals surface area contributed by atoms with Crippen LogP contribution in [-0.2, 0) is 11.2 Å². The van der Waals surface area contributed by atoms with Gasteiger partial charge in [-0.15, -0.1) is 11.3 Å². The molecule has 0 saturated carbocycles. The monoisotopic (exact) mass is 360 g/mol. The van der Waals surface area contributed by atoms with Crippen LogP contribution in [-0.4, -0.2) is 47.8 Å². The first-order valence-electron chi connectivity index (χ1n) is 8.48. The third-order valence-electron chi connectivity index (χ3n) is 4.41. The van der Waals surface area contributed by atoms with E-state index in [0.29, 0.717) is 39.0 Å². The van der Waals surface area contributed by atoms with E-state index >= 15 is 0 Å². The quantitative estimate of drug-likeness (QED) is 0.840. The summed E-state index contributed by atoms with van der Waals surface area (Å²) in [6, 6.07) is 9.98. The molecule has 2 aromatic rings. The summed E-state index contributed by atoms with van der Waals surface area (Å²) in [5.41, 5.74) is 0.957. The normalized spacial score (nSPS) is 15.1. The summed E-state index contributed by atoms with van der Waals surface area (Å²) in [5.74, 6) is -0.122. The number of thiophene rings is 1. The molecule has 2 amide bonds. The lowest BCUT2D eigenvalue weighted by Gasteiger charge is -2.22.